The van der Waals surface area contributed by atoms with Gasteiger partial charge in [0, 0.05) is 12.7 Å². The van der Waals surface area contributed by atoms with E-state index in [0.29, 0.717) is 34.9 Å². The largest absolute Gasteiger partial charge is 0.418 e. The van der Waals surface area contributed by atoms with Crippen molar-refractivity contribution in [2.24, 2.45) is 0 Å². The monoisotopic (exact) mass is 408 g/mol. The first-order valence-corrected chi connectivity index (χ1v) is 10.3. The normalized spacial score (nSPS) is 10.8. The Kier molecular flexibility index (Phi) is 6.65. The van der Waals surface area contributed by atoms with Gasteiger partial charge in [0.1, 0.15) is 5.03 Å². The molecular weight excluding hydrogens is 392 g/mol. The van der Waals surface area contributed by atoms with Gasteiger partial charge in [-0.1, -0.05) is 36.4 Å². The molecule has 0 saturated heterocycles. The van der Waals surface area contributed by atoms with E-state index in [9.17, 15) is 4.79 Å². The summed E-state index contributed by atoms with van der Waals surface area (Å²) in [6, 6.07) is 7.37. The number of hydrogen-bond acceptors (Lipinski definition) is 7. The minimum atomic E-state index is -0.0190. The molecule has 0 radical (unpaired) electrons. The zero-order chi connectivity index (χ0) is 18.4. The summed E-state index contributed by atoms with van der Waals surface area (Å²) in [5.41, 5.74) is 0. The van der Waals surface area contributed by atoms with E-state index >= 15 is 0 Å². The van der Waals surface area contributed by atoms with Crippen molar-refractivity contribution in [3.63, 3.8) is 0 Å². The van der Waals surface area contributed by atoms with Crippen LogP contribution in [0.5, 0.6) is 0 Å². The van der Waals surface area contributed by atoms with Gasteiger partial charge in [-0.05, 0) is 30.0 Å². The quantitative estimate of drug-likeness (QED) is 0.515. The van der Waals surface area contributed by atoms with Crippen molar-refractivity contribution in [3.8, 4) is 10.8 Å². The molecule has 0 atom stereocenters. The third-order valence-electron chi connectivity index (χ3n) is 3.43. The Hall–Kier alpha value is -1.90. The molecule has 0 aliphatic carbocycles. The Balaban J connectivity index is 1.63. The standard InChI is InChI=1S/C17H17ClN4O2S2/c1-2-8-22(15(23)11-26-17-12(18)5-3-7-19-17)10-14-20-21-16(24-14)13-6-4-9-25-13/h3-7,9H,2,8,10-11H2,1H3. The lowest BCUT2D eigenvalue weighted by Gasteiger charge is -2.20. The summed E-state index contributed by atoms with van der Waals surface area (Å²) < 4.78 is 5.69. The first-order valence-electron chi connectivity index (χ1n) is 8.04. The minimum Gasteiger partial charge on any atom is -0.418 e. The van der Waals surface area contributed by atoms with E-state index in [1.807, 2.05) is 24.4 Å². The van der Waals surface area contributed by atoms with Crippen molar-refractivity contribution in [3.05, 3.63) is 46.8 Å². The lowest BCUT2D eigenvalue weighted by Crippen LogP contribution is -2.32. The van der Waals surface area contributed by atoms with Gasteiger partial charge in [-0.3, -0.25) is 4.79 Å². The topological polar surface area (TPSA) is 72.1 Å². The number of carbonyl (C=O) groups is 1. The number of thiophene rings is 1. The maximum Gasteiger partial charge on any atom is 0.257 e. The second-order valence-corrected chi connectivity index (χ2v) is 7.69. The van der Waals surface area contributed by atoms with E-state index < -0.39 is 0 Å². The highest BCUT2D eigenvalue weighted by Crippen LogP contribution is 2.25. The molecule has 0 bridgehead atoms. The average Bonchev–Trinajstić information content (AvgIpc) is 3.32. The van der Waals surface area contributed by atoms with E-state index in [-0.39, 0.29) is 11.7 Å². The van der Waals surface area contributed by atoms with Crippen LogP contribution in [0.15, 0.2) is 45.3 Å². The van der Waals surface area contributed by atoms with Gasteiger partial charge in [0.05, 0.1) is 22.2 Å². The van der Waals surface area contributed by atoms with Crippen LogP contribution in [-0.4, -0.2) is 38.3 Å². The molecule has 0 unspecified atom stereocenters. The number of amides is 1. The van der Waals surface area contributed by atoms with E-state index in [2.05, 4.69) is 15.2 Å². The number of halogens is 1. The fraction of sp³-hybridized carbons (Fsp3) is 0.294. The van der Waals surface area contributed by atoms with Crippen LogP contribution in [-0.2, 0) is 11.3 Å². The molecule has 6 nitrogen and oxygen atoms in total. The van der Waals surface area contributed by atoms with Crippen LogP contribution in [0.1, 0.15) is 19.2 Å². The molecule has 0 N–H and O–H groups in total. The van der Waals surface area contributed by atoms with Crippen LogP contribution in [0.4, 0.5) is 0 Å². The van der Waals surface area contributed by atoms with Crippen LogP contribution in [0.25, 0.3) is 10.8 Å². The number of thioether (sulfide) groups is 1. The molecule has 9 heteroatoms. The number of hydrogen-bond donors (Lipinski definition) is 0. The Morgan fingerprint density at radius 1 is 1.35 bits per heavy atom. The zero-order valence-corrected chi connectivity index (χ0v) is 16.5. The van der Waals surface area contributed by atoms with Gasteiger partial charge in [-0.2, -0.15) is 0 Å². The SMILES string of the molecule is CCCN(Cc1nnc(-c2cccs2)o1)C(=O)CSc1ncccc1Cl. The zero-order valence-electron chi connectivity index (χ0n) is 14.1. The predicted octanol–water partition coefficient (Wildman–Crippen LogP) is 4.38. The molecule has 0 fully saturated rings. The molecule has 3 rings (SSSR count). The Bertz CT molecular complexity index is 854. The summed E-state index contributed by atoms with van der Waals surface area (Å²) in [5, 5.41) is 11.3. The van der Waals surface area contributed by atoms with E-state index in [0.717, 1.165) is 11.3 Å². The Morgan fingerprint density at radius 2 is 2.23 bits per heavy atom. The molecule has 136 valence electrons. The van der Waals surface area contributed by atoms with Gasteiger partial charge >= 0.3 is 0 Å². The summed E-state index contributed by atoms with van der Waals surface area (Å²) >= 11 is 8.95. The lowest BCUT2D eigenvalue weighted by atomic mass is 10.4. The average molecular weight is 409 g/mol. The first-order chi connectivity index (χ1) is 12.7. The second kappa shape index (κ2) is 9.16. The molecule has 0 spiro atoms. The maximum absolute atomic E-state index is 12.6. The van der Waals surface area contributed by atoms with Gasteiger partial charge in [0.2, 0.25) is 11.8 Å². The number of carbonyl (C=O) groups excluding carboxylic acids is 1. The Labute approximate surface area is 164 Å². The molecule has 1 amide bonds. The molecular formula is C17H17ClN4O2S2. The number of rotatable bonds is 8. The van der Waals surface area contributed by atoms with Crippen molar-refractivity contribution < 1.29 is 9.21 Å². The van der Waals surface area contributed by atoms with Crippen molar-refractivity contribution in [2.45, 2.75) is 24.9 Å². The predicted molar refractivity (Wildman–Crippen MR) is 103 cm³/mol. The van der Waals surface area contributed by atoms with Gasteiger partial charge in [-0.15, -0.1) is 21.5 Å². The highest BCUT2D eigenvalue weighted by atomic mass is 35.5. The van der Waals surface area contributed by atoms with Crippen molar-refractivity contribution in [1.82, 2.24) is 20.1 Å². The third-order valence-corrected chi connectivity index (χ3v) is 5.69. The van der Waals surface area contributed by atoms with Crippen molar-refractivity contribution in [2.75, 3.05) is 12.3 Å². The van der Waals surface area contributed by atoms with Crippen LogP contribution < -0.4 is 0 Å². The summed E-state index contributed by atoms with van der Waals surface area (Å²) in [6.07, 6.45) is 2.50. The summed E-state index contributed by atoms with van der Waals surface area (Å²) in [4.78, 5) is 19.4. The minimum absolute atomic E-state index is 0.0190. The highest BCUT2D eigenvalue weighted by molar-refractivity contribution is 8.00. The smallest absolute Gasteiger partial charge is 0.257 e. The van der Waals surface area contributed by atoms with Crippen LogP contribution >= 0.6 is 34.7 Å². The Morgan fingerprint density at radius 3 is 2.96 bits per heavy atom. The van der Waals surface area contributed by atoms with Crippen LogP contribution in [0, 0.1) is 0 Å². The van der Waals surface area contributed by atoms with Crippen LogP contribution in [0.3, 0.4) is 0 Å². The molecule has 3 heterocycles. The molecule has 0 aliphatic heterocycles. The van der Waals surface area contributed by atoms with E-state index in [4.69, 9.17) is 16.0 Å². The molecule has 0 aliphatic rings. The summed E-state index contributed by atoms with van der Waals surface area (Å²) in [6.45, 7) is 2.93. The van der Waals surface area contributed by atoms with Crippen molar-refractivity contribution in [1.29, 1.82) is 0 Å². The van der Waals surface area contributed by atoms with Gasteiger partial charge in [0.25, 0.3) is 5.89 Å². The number of nitrogens with zero attached hydrogens (tertiary/aromatic N) is 4. The fourth-order valence-corrected chi connectivity index (χ4v) is 3.95. The van der Waals surface area contributed by atoms with Gasteiger partial charge in [-0.25, -0.2) is 4.98 Å². The molecule has 3 aromatic rings. The highest BCUT2D eigenvalue weighted by Gasteiger charge is 2.18. The third kappa shape index (κ3) is 4.84. The second-order valence-electron chi connectivity index (χ2n) is 5.37. The number of aromatic nitrogens is 3. The number of pyridine rings is 1. The van der Waals surface area contributed by atoms with Gasteiger partial charge < -0.3 is 9.32 Å². The molecule has 26 heavy (non-hydrogen) atoms. The molecule has 3 aromatic heterocycles. The fourth-order valence-electron chi connectivity index (χ4n) is 2.24. The first kappa shape index (κ1) is 18.9. The molecule has 0 aromatic carbocycles. The van der Waals surface area contributed by atoms with E-state index in [1.165, 1.54) is 23.1 Å². The molecule has 0 saturated carbocycles. The van der Waals surface area contributed by atoms with Crippen molar-refractivity contribution >= 4 is 40.6 Å². The van der Waals surface area contributed by atoms with E-state index in [1.54, 1.807) is 23.2 Å². The van der Waals surface area contributed by atoms with Crippen LogP contribution in [0.2, 0.25) is 5.02 Å². The summed E-state index contributed by atoms with van der Waals surface area (Å²) in [7, 11) is 0. The summed E-state index contributed by atoms with van der Waals surface area (Å²) in [5.74, 6) is 1.14. The lowest BCUT2D eigenvalue weighted by molar-refractivity contribution is -0.129. The maximum atomic E-state index is 12.6. The van der Waals surface area contributed by atoms with Gasteiger partial charge in [0.15, 0.2) is 0 Å².